The summed E-state index contributed by atoms with van der Waals surface area (Å²) >= 11 is 0. The van der Waals surface area contributed by atoms with E-state index in [0.717, 1.165) is 12.1 Å². The highest BCUT2D eigenvalue weighted by Gasteiger charge is 2.48. The van der Waals surface area contributed by atoms with Gasteiger partial charge >= 0.3 is 12.1 Å². The van der Waals surface area contributed by atoms with E-state index >= 15 is 0 Å². The van der Waals surface area contributed by atoms with Crippen LogP contribution in [0.25, 0.3) is 0 Å². The standard InChI is InChI=1S/C13H12F3NO3/c14-13(15,16)8-3-1-7(2-4-8)6-17-11(18)9-5-10(9)12(19)20/h1-4,9-10H,5-6H2,(H,17,18)(H,19,20)/t9-,10+/m1/s1. The first kappa shape index (κ1) is 14.4. The fourth-order valence-corrected chi connectivity index (χ4v) is 1.89. The van der Waals surface area contributed by atoms with Crippen LogP contribution in [-0.2, 0) is 22.3 Å². The highest BCUT2D eigenvalue weighted by atomic mass is 19.4. The fourth-order valence-electron chi connectivity index (χ4n) is 1.89. The van der Waals surface area contributed by atoms with E-state index in [0.29, 0.717) is 12.0 Å². The molecule has 1 saturated carbocycles. The van der Waals surface area contributed by atoms with Crippen molar-refractivity contribution in [3.05, 3.63) is 35.4 Å². The first-order valence-electron chi connectivity index (χ1n) is 5.95. The number of hydrogen-bond acceptors (Lipinski definition) is 2. The van der Waals surface area contributed by atoms with Crippen molar-refractivity contribution in [1.29, 1.82) is 0 Å². The predicted molar refractivity (Wildman–Crippen MR) is 62.5 cm³/mol. The molecule has 2 rings (SSSR count). The molecular formula is C13H12F3NO3. The van der Waals surface area contributed by atoms with Crippen molar-refractivity contribution in [1.82, 2.24) is 5.32 Å². The number of rotatable bonds is 4. The molecule has 0 aliphatic heterocycles. The van der Waals surface area contributed by atoms with Gasteiger partial charge in [-0.2, -0.15) is 13.2 Å². The molecule has 1 amide bonds. The second-order valence-corrected chi connectivity index (χ2v) is 4.70. The Labute approximate surface area is 112 Å². The molecule has 2 N–H and O–H groups in total. The van der Waals surface area contributed by atoms with Crippen molar-refractivity contribution < 1.29 is 27.9 Å². The number of aliphatic carboxylic acids is 1. The lowest BCUT2D eigenvalue weighted by Gasteiger charge is -2.08. The van der Waals surface area contributed by atoms with Crippen LogP contribution in [0, 0.1) is 11.8 Å². The lowest BCUT2D eigenvalue weighted by molar-refractivity contribution is -0.140. The topological polar surface area (TPSA) is 66.4 Å². The summed E-state index contributed by atoms with van der Waals surface area (Å²) in [4.78, 5) is 22.2. The van der Waals surface area contributed by atoms with E-state index in [4.69, 9.17) is 5.11 Å². The van der Waals surface area contributed by atoms with E-state index in [1.165, 1.54) is 12.1 Å². The maximum Gasteiger partial charge on any atom is 0.416 e. The SMILES string of the molecule is O=C(O)[C@H]1C[C@H]1C(=O)NCc1ccc(C(F)(F)F)cc1. The average Bonchev–Trinajstić information content (AvgIpc) is 3.15. The smallest absolute Gasteiger partial charge is 0.416 e. The minimum absolute atomic E-state index is 0.0831. The van der Waals surface area contributed by atoms with E-state index < -0.39 is 29.5 Å². The highest BCUT2D eigenvalue weighted by molar-refractivity contribution is 5.89. The van der Waals surface area contributed by atoms with Crippen LogP contribution in [0.3, 0.4) is 0 Å². The van der Waals surface area contributed by atoms with Gasteiger partial charge in [-0.25, -0.2) is 0 Å². The molecule has 0 saturated heterocycles. The summed E-state index contributed by atoms with van der Waals surface area (Å²) in [5, 5.41) is 11.2. The minimum atomic E-state index is -4.38. The van der Waals surface area contributed by atoms with Gasteiger partial charge in [-0.15, -0.1) is 0 Å². The number of carboxylic acids is 1. The molecule has 108 valence electrons. The van der Waals surface area contributed by atoms with Gasteiger partial charge < -0.3 is 10.4 Å². The first-order chi connectivity index (χ1) is 9.29. The molecule has 0 unspecified atom stereocenters. The zero-order valence-corrected chi connectivity index (χ0v) is 10.3. The molecule has 0 bridgehead atoms. The van der Waals surface area contributed by atoms with Crippen LogP contribution in [0.2, 0.25) is 0 Å². The zero-order valence-electron chi connectivity index (χ0n) is 10.3. The zero-order chi connectivity index (χ0) is 14.9. The summed E-state index contributed by atoms with van der Waals surface area (Å²) in [6.07, 6.45) is -4.07. The molecule has 2 atom stereocenters. The Bertz CT molecular complexity index is 525. The Morgan fingerprint density at radius 3 is 2.25 bits per heavy atom. The summed E-state index contributed by atoms with van der Waals surface area (Å²) < 4.78 is 37.0. The second-order valence-electron chi connectivity index (χ2n) is 4.70. The summed E-state index contributed by atoms with van der Waals surface area (Å²) in [5.41, 5.74) is -0.223. The van der Waals surface area contributed by atoms with Crippen molar-refractivity contribution >= 4 is 11.9 Å². The fraction of sp³-hybridized carbons (Fsp3) is 0.385. The number of carbonyl (C=O) groups is 2. The molecule has 20 heavy (non-hydrogen) atoms. The van der Waals surface area contributed by atoms with E-state index in [-0.39, 0.29) is 12.5 Å². The van der Waals surface area contributed by atoms with Gasteiger partial charge in [0, 0.05) is 6.54 Å². The Balaban J connectivity index is 1.86. The number of carboxylic acid groups (broad SMARTS) is 1. The monoisotopic (exact) mass is 287 g/mol. The molecule has 1 aliphatic carbocycles. The molecule has 1 aliphatic rings. The third kappa shape index (κ3) is 3.28. The maximum absolute atomic E-state index is 12.3. The maximum atomic E-state index is 12.3. The normalized spacial score (nSPS) is 21.4. The van der Waals surface area contributed by atoms with Crippen LogP contribution < -0.4 is 5.32 Å². The Morgan fingerprint density at radius 1 is 1.20 bits per heavy atom. The lowest BCUT2D eigenvalue weighted by atomic mass is 10.1. The Kier molecular flexibility index (Phi) is 3.69. The van der Waals surface area contributed by atoms with Crippen LogP contribution in [-0.4, -0.2) is 17.0 Å². The van der Waals surface area contributed by atoms with Crippen molar-refractivity contribution in [2.75, 3.05) is 0 Å². The summed E-state index contributed by atoms with van der Waals surface area (Å²) in [6, 6.07) is 4.45. The summed E-state index contributed by atoms with van der Waals surface area (Å²) in [7, 11) is 0. The van der Waals surface area contributed by atoms with Gasteiger partial charge in [0.05, 0.1) is 17.4 Å². The van der Waals surface area contributed by atoms with E-state index in [1.807, 2.05) is 0 Å². The summed E-state index contributed by atoms with van der Waals surface area (Å²) in [6.45, 7) is 0.0831. The molecule has 0 heterocycles. The average molecular weight is 287 g/mol. The molecule has 7 heteroatoms. The van der Waals surface area contributed by atoms with Gasteiger partial charge in [0.15, 0.2) is 0 Å². The molecule has 1 aromatic carbocycles. The molecule has 0 spiro atoms. The number of alkyl halides is 3. The van der Waals surface area contributed by atoms with Gasteiger partial charge in [0.25, 0.3) is 0 Å². The number of hydrogen-bond donors (Lipinski definition) is 2. The van der Waals surface area contributed by atoms with Crippen molar-refractivity contribution in [3.8, 4) is 0 Å². The van der Waals surface area contributed by atoms with Gasteiger partial charge in [-0.1, -0.05) is 12.1 Å². The van der Waals surface area contributed by atoms with E-state index in [2.05, 4.69) is 5.32 Å². The third-order valence-corrected chi connectivity index (χ3v) is 3.19. The highest BCUT2D eigenvalue weighted by Crippen LogP contribution is 2.38. The van der Waals surface area contributed by atoms with Gasteiger partial charge in [-0.3, -0.25) is 9.59 Å². The number of halogens is 3. The lowest BCUT2D eigenvalue weighted by Crippen LogP contribution is -2.25. The first-order valence-corrected chi connectivity index (χ1v) is 5.95. The molecule has 0 aromatic heterocycles. The second kappa shape index (κ2) is 5.15. The molecule has 1 aromatic rings. The van der Waals surface area contributed by atoms with E-state index in [9.17, 15) is 22.8 Å². The number of carbonyl (C=O) groups excluding carboxylic acids is 1. The van der Waals surface area contributed by atoms with Crippen molar-refractivity contribution in [3.63, 3.8) is 0 Å². The number of nitrogens with one attached hydrogen (secondary N) is 1. The van der Waals surface area contributed by atoms with Gasteiger partial charge in [0.2, 0.25) is 5.91 Å². The Morgan fingerprint density at radius 2 is 1.80 bits per heavy atom. The molecule has 4 nitrogen and oxygen atoms in total. The van der Waals surface area contributed by atoms with Crippen LogP contribution in [0.4, 0.5) is 13.2 Å². The molecule has 1 fully saturated rings. The molecule has 0 radical (unpaired) electrons. The third-order valence-electron chi connectivity index (χ3n) is 3.19. The molecular weight excluding hydrogens is 275 g/mol. The van der Waals surface area contributed by atoms with Crippen LogP contribution in [0.1, 0.15) is 17.5 Å². The van der Waals surface area contributed by atoms with Crippen LogP contribution >= 0.6 is 0 Å². The van der Waals surface area contributed by atoms with Crippen molar-refractivity contribution in [2.45, 2.75) is 19.1 Å². The van der Waals surface area contributed by atoms with Crippen LogP contribution in [0.15, 0.2) is 24.3 Å². The Hall–Kier alpha value is -2.05. The number of amides is 1. The number of benzene rings is 1. The minimum Gasteiger partial charge on any atom is -0.481 e. The largest absolute Gasteiger partial charge is 0.481 e. The predicted octanol–water partition coefficient (Wildman–Crippen LogP) is 2.04. The summed E-state index contributed by atoms with van der Waals surface area (Å²) in [5.74, 6) is -2.54. The van der Waals surface area contributed by atoms with E-state index in [1.54, 1.807) is 0 Å². The van der Waals surface area contributed by atoms with Crippen LogP contribution in [0.5, 0.6) is 0 Å². The van der Waals surface area contributed by atoms with Crippen molar-refractivity contribution in [2.24, 2.45) is 11.8 Å². The van der Waals surface area contributed by atoms with Gasteiger partial charge in [-0.05, 0) is 24.1 Å². The quantitative estimate of drug-likeness (QED) is 0.890. The van der Waals surface area contributed by atoms with Gasteiger partial charge in [0.1, 0.15) is 0 Å².